The molecule has 0 atom stereocenters. The number of aliphatic hydroxyl groups is 1. The van der Waals surface area contributed by atoms with Crippen LogP contribution in [0.1, 0.15) is 44.4 Å². The second-order valence-electron chi connectivity index (χ2n) is 9.86. The third-order valence-corrected chi connectivity index (χ3v) is 7.80. The Morgan fingerprint density at radius 3 is 2.49 bits per heavy atom. The second-order valence-corrected chi connectivity index (χ2v) is 10.9. The molecule has 0 aliphatic heterocycles. The SMILES string of the molecule is CC(=O)/C=C(/C)O.Cc1ccc2nc(-c3[c-]ccc4c3C(C)(C)c3c-4sc4ccccc34)ccc2c1.[Ir]. The van der Waals surface area contributed by atoms with Gasteiger partial charge in [0.05, 0.1) is 11.3 Å². The molecule has 0 saturated heterocycles. The first-order valence-electron chi connectivity index (χ1n) is 12.0. The third kappa shape index (κ3) is 4.92. The molecule has 1 aliphatic rings. The topological polar surface area (TPSA) is 50.2 Å². The van der Waals surface area contributed by atoms with E-state index in [9.17, 15) is 4.79 Å². The number of aryl methyl sites for hydroxylation is 1. The standard InChI is InChI=1S/C27H20NS.C5H8O2.Ir/c1-16-11-13-21-17(15-16)12-14-22(28-21)18-8-6-9-20-24(18)27(2,3)25-19-7-4-5-10-23(19)29-26(20)25;1-4(6)3-5(2)7;/h4-7,9-15H,1-3H3;3,6H,1-2H3;/q-1;;/b;4-3-;. The van der Waals surface area contributed by atoms with E-state index in [0.29, 0.717) is 0 Å². The molecule has 5 aromatic rings. The minimum atomic E-state index is -0.125. The Morgan fingerprint density at radius 2 is 1.78 bits per heavy atom. The number of allylic oxidation sites excluding steroid dienone is 2. The Labute approximate surface area is 235 Å². The Kier molecular flexibility index (Phi) is 7.52. The van der Waals surface area contributed by atoms with Crippen LogP contribution in [-0.2, 0) is 30.3 Å². The maximum absolute atomic E-state index is 10.0. The van der Waals surface area contributed by atoms with Crippen molar-refractivity contribution >= 4 is 38.1 Å². The molecule has 3 nitrogen and oxygen atoms in total. The molecule has 5 heteroatoms. The van der Waals surface area contributed by atoms with Crippen LogP contribution in [0.5, 0.6) is 0 Å². The predicted molar refractivity (Wildman–Crippen MR) is 151 cm³/mol. The molecule has 0 unspecified atom stereocenters. The number of pyridine rings is 1. The van der Waals surface area contributed by atoms with E-state index in [4.69, 9.17) is 10.1 Å². The first-order valence-corrected chi connectivity index (χ1v) is 12.8. The smallest absolute Gasteiger partial charge is 0.155 e. The van der Waals surface area contributed by atoms with Crippen molar-refractivity contribution in [3.8, 4) is 21.7 Å². The first-order chi connectivity index (χ1) is 17.2. The van der Waals surface area contributed by atoms with Crippen molar-refractivity contribution in [2.24, 2.45) is 0 Å². The molecule has 1 aliphatic carbocycles. The quantitative estimate of drug-likeness (QED) is 0.115. The molecular weight excluding hydrogens is 655 g/mol. The van der Waals surface area contributed by atoms with E-state index >= 15 is 0 Å². The van der Waals surface area contributed by atoms with Crippen molar-refractivity contribution < 1.29 is 30.0 Å². The monoisotopic (exact) mass is 683 g/mol. The fraction of sp³-hybridized carbons (Fsp3) is 0.188. The van der Waals surface area contributed by atoms with Crippen LogP contribution in [0, 0.1) is 13.0 Å². The summed E-state index contributed by atoms with van der Waals surface area (Å²) in [4.78, 5) is 16.4. The minimum absolute atomic E-state index is 0. The molecule has 189 valence electrons. The summed E-state index contributed by atoms with van der Waals surface area (Å²) < 4.78 is 1.37. The molecule has 1 N–H and O–H groups in total. The van der Waals surface area contributed by atoms with E-state index in [0.717, 1.165) is 16.8 Å². The number of hydrogen-bond donors (Lipinski definition) is 1. The number of aromatic nitrogens is 1. The van der Waals surface area contributed by atoms with Crippen molar-refractivity contribution in [2.75, 3.05) is 0 Å². The van der Waals surface area contributed by atoms with Gasteiger partial charge in [0, 0.05) is 35.8 Å². The molecule has 37 heavy (non-hydrogen) atoms. The maximum Gasteiger partial charge on any atom is 0.155 e. The van der Waals surface area contributed by atoms with E-state index in [2.05, 4.69) is 93.6 Å². The number of nitrogens with zero attached hydrogens (tertiary/aromatic N) is 1. The second kappa shape index (κ2) is 10.3. The summed E-state index contributed by atoms with van der Waals surface area (Å²) in [7, 11) is 0. The number of thiophene rings is 1. The van der Waals surface area contributed by atoms with Crippen LogP contribution < -0.4 is 0 Å². The summed E-state index contributed by atoms with van der Waals surface area (Å²) in [5, 5.41) is 10.9. The first kappa shape index (κ1) is 26.9. The van der Waals surface area contributed by atoms with Crippen molar-refractivity contribution in [3.63, 3.8) is 0 Å². The number of fused-ring (bicyclic) bond motifs is 6. The number of carbonyl (C=O) groups excluding carboxylic acids is 1. The number of rotatable bonds is 2. The fourth-order valence-electron chi connectivity index (χ4n) is 5.20. The number of aliphatic hydroxyl groups excluding tert-OH is 1. The Balaban J connectivity index is 0.000000356. The fourth-order valence-corrected chi connectivity index (χ4v) is 6.59. The maximum atomic E-state index is 10.0. The van der Waals surface area contributed by atoms with Gasteiger partial charge in [0.25, 0.3) is 0 Å². The number of hydrogen-bond acceptors (Lipinski definition) is 4. The summed E-state index contributed by atoms with van der Waals surface area (Å²) in [5.74, 6) is -0.0625. The van der Waals surface area contributed by atoms with Crippen LogP contribution in [0.15, 0.2) is 78.6 Å². The molecule has 0 saturated carbocycles. The Morgan fingerprint density at radius 1 is 1.03 bits per heavy atom. The normalized spacial score (nSPS) is 13.4. The van der Waals surface area contributed by atoms with Gasteiger partial charge in [-0.05, 0) is 66.4 Å². The summed E-state index contributed by atoms with van der Waals surface area (Å²) in [6.07, 6.45) is 1.17. The van der Waals surface area contributed by atoms with Crippen molar-refractivity contribution in [2.45, 2.75) is 40.0 Å². The van der Waals surface area contributed by atoms with Crippen molar-refractivity contribution in [1.29, 1.82) is 0 Å². The third-order valence-electron chi connectivity index (χ3n) is 6.60. The Hall–Kier alpha value is -3.11. The summed E-state index contributed by atoms with van der Waals surface area (Å²) in [5.41, 5.74) is 8.49. The van der Waals surface area contributed by atoms with Gasteiger partial charge in [-0.3, -0.25) is 9.78 Å². The van der Waals surface area contributed by atoms with Crippen molar-refractivity contribution in [1.82, 2.24) is 4.98 Å². The number of ketones is 1. The average Bonchev–Trinajstić information content (AvgIpc) is 3.32. The zero-order valence-electron chi connectivity index (χ0n) is 21.5. The van der Waals surface area contributed by atoms with Gasteiger partial charge < -0.3 is 5.11 Å². The van der Waals surface area contributed by atoms with Gasteiger partial charge in [-0.1, -0.05) is 61.4 Å². The van der Waals surface area contributed by atoms with Crippen molar-refractivity contribution in [3.05, 3.63) is 101 Å². The van der Waals surface area contributed by atoms with Crippen LogP contribution in [0.4, 0.5) is 0 Å². The van der Waals surface area contributed by atoms with E-state index in [1.165, 1.54) is 62.5 Å². The van der Waals surface area contributed by atoms with Crippen LogP contribution in [0.2, 0.25) is 0 Å². The predicted octanol–water partition coefficient (Wildman–Crippen LogP) is 8.57. The number of carbonyl (C=O) groups is 1. The van der Waals surface area contributed by atoms with Gasteiger partial charge >= 0.3 is 0 Å². The van der Waals surface area contributed by atoms with Gasteiger partial charge in [0.2, 0.25) is 0 Å². The molecule has 0 bridgehead atoms. The van der Waals surface area contributed by atoms with Gasteiger partial charge in [0.1, 0.15) is 0 Å². The number of benzene rings is 3. The molecular formula is C32H28IrNO2S-. The van der Waals surface area contributed by atoms with E-state index < -0.39 is 0 Å². The zero-order chi connectivity index (χ0) is 25.6. The molecule has 2 aromatic heterocycles. The van der Waals surface area contributed by atoms with Gasteiger partial charge in [-0.15, -0.1) is 40.7 Å². The van der Waals surface area contributed by atoms with Gasteiger partial charge in [-0.2, -0.15) is 0 Å². The molecule has 6 rings (SSSR count). The Bertz CT molecular complexity index is 1680. The molecule has 2 heterocycles. The van der Waals surface area contributed by atoms with E-state index in [1.807, 2.05) is 11.3 Å². The summed E-state index contributed by atoms with van der Waals surface area (Å²) >= 11 is 1.91. The molecule has 1 radical (unpaired) electrons. The van der Waals surface area contributed by atoms with Crippen LogP contribution in [-0.4, -0.2) is 15.9 Å². The minimum Gasteiger partial charge on any atom is -0.512 e. The molecule has 0 spiro atoms. The molecule has 0 fully saturated rings. The largest absolute Gasteiger partial charge is 0.512 e. The van der Waals surface area contributed by atoms with Crippen LogP contribution in [0.25, 0.3) is 42.7 Å². The van der Waals surface area contributed by atoms with E-state index in [-0.39, 0.29) is 37.1 Å². The van der Waals surface area contributed by atoms with Crippen LogP contribution >= 0.6 is 11.3 Å². The molecule has 0 amide bonds. The van der Waals surface area contributed by atoms with Gasteiger partial charge in [0.15, 0.2) is 5.78 Å². The summed E-state index contributed by atoms with van der Waals surface area (Å²) in [6, 6.07) is 27.4. The van der Waals surface area contributed by atoms with E-state index in [1.54, 1.807) is 0 Å². The average molecular weight is 683 g/mol. The zero-order valence-corrected chi connectivity index (χ0v) is 24.7. The molecule has 3 aromatic carbocycles. The van der Waals surface area contributed by atoms with Gasteiger partial charge in [-0.25, -0.2) is 0 Å². The van der Waals surface area contributed by atoms with Crippen LogP contribution in [0.3, 0.4) is 0 Å². The summed E-state index contributed by atoms with van der Waals surface area (Å²) in [6.45, 7) is 9.66.